The number of alkyl halides is 1. The third-order valence-corrected chi connectivity index (χ3v) is 8.16. The molecule has 0 unspecified atom stereocenters. The largest absolute Gasteiger partial charge is 0.365 e. The second kappa shape index (κ2) is 10.1. The average molecular weight is 550 g/mol. The van der Waals surface area contributed by atoms with Crippen molar-refractivity contribution in [3.8, 4) is 0 Å². The molecule has 0 fully saturated rings. The molecule has 0 spiro atoms. The number of aryl methyl sites for hydroxylation is 4. The van der Waals surface area contributed by atoms with Crippen molar-refractivity contribution in [2.24, 2.45) is 5.73 Å². The van der Waals surface area contributed by atoms with Gasteiger partial charge in [0.15, 0.2) is 0 Å². The Bertz CT molecular complexity index is 1890. The van der Waals surface area contributed by atoms with Crippen LogP contribution < -0.4 is 5.73 Å². The van der Waals surface area contributed by atoms with Gasteiger partial charge < -0.3 is 15.7 Å². The number of nitrogens with one attached hydrogen (secondary N) is 2. The Morgan fingerprint density at radius 1 is 0.878 bits per heavy atom. The van der Waals surface area contributed by atoms with Gasteiger partial charge in [-0.3, -0.25) is 14.8 Å². The zero-order valence-corrected chi connectivity index (χ0v) is 22.4. The molecule has 5 heterocycles. The van der Waals surface area contributed by atoms with E-state index in [0.717, 1.165) is 22.4 Å². The molecule has 1 atom stereocenters. The van der Waals surface area contributed by atoms with E-state index in [1.54, 1.807) is 12.1 Å². The average Bonchev–Trinajstić information content (AvgIpc) is 3.77. The number of nitrogens with zero attached hydrogens (tertiary/aromatic N) is 2. The topological polar surface area (TPSA) is 100 Å². The van der Waals surface area contributed by atoms with Gasteiger partial charge >= 0.3 is 0 Å². The summed E-state index contributed by atoms with van der Waals surface area (Å²) in [5.74, 6) is -0.791. The molecular formula is C33H29F2N5O. The summed E-state index contributed by atoms with van der Waals surface area (Å²) in [6, 6.07) is 9.52. The quantitative estimate of drug-likeness (QED) is 0.339. The van der Waals surface area contributed by atoms with Gasteiger partial charge in [0, 0.05) is 51.8 Å². The number of allylic oxidation sites excluding steroid dienone is 8. The third kappa shape index (κ3) is 4.53. The van der Waals surface area contributed by atoms with E-state index in [4.69, 9.17) is 15.7 Å². The molecule has 2 aliphatic heterocycles. The predicted molar refractivity (Wildman–Crippen MR) is 157 cm³/mol. The van der Waals surface area contributed by atoms with E-state index in [-0.39, 0.29) is 11.4 Å². The van der Waals surface area contributed by atoms with Crippen molar-refractivity contribution in [1.82, 2.24) is 19.9 Å². The highest BCUT2D eigenvalue weighted by Crippen LogP contribution is 2.36. The number of fused-ring (bicyclic) bond motifs is 8. The van der Waals surface area contributed by atoms with Crippen molar-refractivity contribution in [3.63, 3.8) is 0 Å². The van der Waals surface area contributed by atoms with Crippen LogP contribution in [-0.4, -0.2) is 32.0 Å². The number of H-pyrrole nitrogens is 2. The number of hydrogen-bond donors (Lipinski definition) is 3. The van der Waals surface area contributed by atoms with Crippen LogP contribution in [0.15, 0.2) is 66.5 Å². The molecule has 7 rings (SSSR count). The Labute approximate surface area is 235 Å². The molecule has 3 aromatic heterocycles. The molecule has 4 aliphatic rings. The molecular weight excluding hydrogens is 520 g/mol. The summed E-state index contributed by atoms with van der Waals surface area (Å²) < 4.78 is 30.5. The molecule has 6 nitrogen and oxygen atoms in total. The van der Waals surface area contributed by atoms with Crippen molar-refractivity contribution in [2.45, 2.75) is 51.1 Å². The predicted octanol–water partition coefficient (Wildman–Crippen LogP) is 6.70. The van der Waals surface area contributed by atoms with Crippen LogP contribution in [0.5, 0.6) is 0 Å². The van der Waals surface area contributed by atoms with Crippen LogP contribution in [0.4, 0.5) is 8.78 Å². The lowest BCUT2D eigenvalue weighted by Crippen LogP contribution is -2.14. The summed E-state index contributed by atoms with van der Waals surface area (Å²) in [5, 5.41) is 0. The lowest BCUT2D eigenvalue weighted by Gasteiger charge is -2.15. The van der Waals surface area contributed by atoms with Gasteiger partial charge in [0.1, 0.15) is 12.0 Å². The van der Waals surface area contributed by atoms with Crippen LogP contribution in [0.1, 0.15) is 63.5 Å². The Hall–Kier alpha value is -4.59. The van der Waals surface area contributed by atoms with Crippen LogP contribution in [0, 0.1) is 0 Å². The number of hydrogen-bond acceptors (Lipinski definition) is 3. The summed E-state index contributed by atoms with van der Waals surface area (Å²) in [6.45, 7) is 0. The number of primary amides is 1. The van der Waals surface area contributed by atoms with Gasteiger partial charge in [0.2, 0.25) is 0 Å². The minimum Gasteiger partial charge on any atom is -0.365 e. The minimum absolute atomic E-state index is 0.179. The number of aromatic amines is 2. The van der Waals surface area contributed by atoms with E-state index in [2.05, 4.69) is 9.97 Å². The van der Waals surface area contributed by atoms with Crippen molar-refractivity contribution in [3.05, 3.63) is 106 Å². The first kappa shape index (κ1) is 25.4. The van der Waals surface area contributed by atoms with E-state index in [0.29, 0.717) is 89.6 Å². The molecule has 0 saturated carbocycles. The highest BCUT2D eigenvalue weighted by atomic mass is 19.1. The van der Waals surface area contributed by atoms with E-state index < -0.39 is 12.1 Å². The van der Waals surface area contributed by atoms with Crippen molar-refractivity contribution >= 4 is 39.1 Å². The fraction of sp³-hybridized carbons (Fsp3) is 0.242. The zero-order valence-electron chi connectivity index (χ0n) is 22.4. The number of aromatic nitrogens is 4. The molecule has 206 valence electrons. The third-order valence-electron chi connectivity index (χ3n) is 8.16. The maximum atomic E-state index is 15.3. The Kier molecular flexibility index (Phi) is 6.26. The number of amides is 1. The van der Waals surface area contributed by atoms with Gasteiger partial charge in [0.25, 0.3) is 5.91 Å². The Morgan fingerprint density at radius 3 is 2.46 bits per heavy atom. The molecule has 8 heteroatoms. The van der Waals surface area contributed by atoms with Gasteiger partial charge in [-0.05, 0) is 68.0 Å². The normalized spacial score (nSPS) is 18.6. The second-order valence-electron chi connectivity index (χ2n) is 10.8. The Morgan fingerprint density at radius 2 is 1.63 bits per heavy atom. The number of carbonyl (C=O) groups is 1. The van der Waals surface area contributed by atoms with E-state index in [1.807, 2.05) is 48.6 Å². The summed E-state index contributed by atoms with van der Waals surface area (Å²) in [6.07, 6.45) is 11.8. The fourth-order valence-corrected chi connectivity index (χ4v) is 6.26. The van der Waals surface area contributed by atoms with Gasteiger partial charge in [0.05, 0.1) is 28.2 Å². The highest BCUT2D eigenvalue weighted by molar-refractivity contribution is 6.01. The summed E-state index contributed by atoms with van der Waals surface area (Å²) in [4.78, 5) is 29.5. The van der Waals surface area contributed by atoms with E-state index in [9.17, 15) is 4.79 Å². The molecule has 8 bridgehead atoms. The van der Waals surface area contributed by atoms with Crippen LogP contribution in [-0.2, 0) is 25.7 Å². The fourth-order valence-electron chi connectivity index (χ4n) is 6.26. The number of halogens is 2. The number of nitrogens with two attached hydrogens (primary N) is 1. The molecule has 3 aromatic rings. The monoisotopic (exact) mass is 549 g/mol. The summed E-state index contributed by atoms with van der Waals surface area (Å²) in [5.41, 5.74) is 14.4. The van der Waals surface area contributed by atoms with Crippen LogP contribution >= 0.6 is 0 Å². The zero-order chi connectivity index (χ0) is 28.1. The molecule has 4 N–H and O–H groups in total. The first-order valence-corrected chi connectivity index (χ1v) is 14.1. The first-order valence-electron chi connectivity index (χ1n) is 14.1. The van der Waals surface area contributed by atoms with Crippen molar-refractivity contribution in [2.75, 3.05) is 0 Å². The van der Waals surface area contributed by atoms with Crippen LogP contribution in [0.25, 0.3) is 33.2 Å². The van der Waals surface area contributed by atoms with Gasteiger partial charge in [-0.15, -0.1) is 0 Å². The van der Waals surface area contributed by atoms with Gasteiger partial charge in [-0.25, -0.2) is 8.78 Å². The van der Waals surface area contributed by atoms with Gasteiger partial charge in [-0.1, -0.05) is 30.4 Å². The van der Waals surface area contributed by atoms with Crippen molar-refractivity contribution < 1.29 is 13.6 Å². The smallest absolute Gasteiger partial charge is 0.252 e. The summed E-state index contributed by atoms with van der Waals surface area (Å²) in [7, 11) is 0. The van der Waals surface area contributed by atoms with Crippen LogP contribution in [0.3, 0.4) is 0 Å². The standard InChI is InChI=1S/C33H29F2N5O/c34-22-7-3-1-5-20(22)30-24-11-9-18(37-24)17-19-10-12-25(38-19)31(21-6-2-4-8-23(21)35)27-14-16-29(40-27)32(33(36)41)28-15-13-26(30)39-28/h1-3,5-6,9,11,14,16-17,22,37,40H,4,7-8,10,12-13,15H2,(H2,36,41)/t22-/m1/s1. The molecule has 1 amide bonds. The SMILES string of the molecule is NC(=O)c1c2nc(c(C3=CC=CC[C@H]3F)c3ccc(cc4nc(c(C5=C(F)CCC=C5)c5ccc1[nH]5)CC4)[nH]3)CC2. The lowest BCUT2D eigenvalue weighted by molar-refractivity contribution is 0.100. The van der Waals surface area contributed by atoms with Gasteiger partial charge in [-0.2, -0.15) is 0 Å². The minimum atomic E-state index is -1.16. The molecule has 2 aliphatic carbocycles. The van der Waals surface area contributed by atoms with Crippen molar-refractivity contribution in [1.29, 1.82) is 0 Å². The lowest BCUT2D eigenvalue weighted by atomic mass is 9.93. The van der Waals surface area contributed by atoms with E-state index >= 15 is 8.78 Å². The molecule has 0 radical (unpaired) electrons. The maximum Gasteiger partial charge on any atom is 0.252 e. The maximum absolute atomic E-state index is 15.3. The van der Waals surface area contributed by atoms with E-state index in [1.165, 1.54) is 0 Å². The summed E-state index contributed by atoms with van der Waals surface area (Å²) >= 11 is 0. The first-order chi connectivity index (χ1) is 20.0. The Balaban J connectivity index is 1.61. The second-order valence-corrected chi connectivity index (χ2v) is 10.8. The highest BCUT2D eigenvalue weighted by Gasteiger charge is 2.25. The molecule has 41 heavy (non-hydrogen) atoms. The number of rotatable bonds is 3. The van der Waals surface area contributed by atoms with Crippen LogP contribution in [0.2, 0.25) is 0 Å². The molecule has 0 saturated heterocycles. The molecule has 0 aromatic carbocycles. The number of carbonyl (C=O) groups excluding carboxylic acids is 1.